The smallest absolute Gasteiger partial charge is 0.309 e. The van der Waals surface area contributed by atoms with Crippen LogP contribution < -0.4 is 0 Å². The van der Waals surface area contributed by atoms with Crippen molar-refractivity contribution in [3.05, 3.63) is 29.8 Å². The second kappa shape index (κ2) is 4.53. The molecule has 4 nitrogen and oxygen atoms in total. The second-order valence-corrected chi connectivity index (χ2v) is 3.97. The molecule has 0 aliphatic carbocycles. The number of carboxylic acids is 1. The summed E-state index contributed by atoms with van der Waals surface area (Å²) in [5.74, 6) is -1.43. The van der Waals surface area contributed by atoms with Crippen LogP contribution in [0.5, 0.6) is 5.75 Å². The Hall–Kier alpha value is -1.55. The van der Waals surface area contributed by atoms with Crippen LogP contribution in [0.1, 0.15) is 17.9 Å². The molecule has 1 heterocycles. The molecule has 1 aliphatic rings. The van der Waals surface area contributed by atoms with Crippen molar-refractivity contribution in [1.82, 2.24) is 0 Å². The molecule has 0 radical (unpaired) electrons. The number of para-hydroxylation sites is 1. The number of carboxylic acid groups (broad SMARTS) is 1. The van der Waals surface area contributed by atoms with E-state index in [0.29, 0.717) is 18.6 Å². The van der Waals surface area contributed by atoms with E-state index in [1.165, 1.54) is 0 Å². The number of aliphatic carboxylic acids is 1. The van der Waals surface area contributed by atoms with Crippen LogP contribution in [-0.2, 0) is 9.53 Å². The number of hydrogen-bond donors (Lipinski definition) is 2. The second-order valence-electron chi connectivity index (χ2n) is 3.97. The molecular weight excluding hydrogens is 208 g/mol. The van der Waals surface area contributed by atoms with E-state index in [-0.39, 0.29) is 18.3 Å². The molecule has 16 heavy (non-hydrogen) atoms. The highest BCUT2D eigenvalue weighted by molar-refractivity contribution is 5.72. The molecule has 1 aromatic rings. The molecule has 4 heteroatoms. The highest BCUT2D eigenvalue weighted by Gasteiger charge is 2.33. The van der Waals surface area contributed by atoms with Gasteiger partial charge in [0, 0.05) is 12.5 Å². The van der Waals surface area contributed by atoms with Gasteiger partial charge in [0.2, 0.25) is 0 Å². The maximum absolute atomic E-state index is 11.1. The van der Waals surface area contributed by atoms with Gasteiger partial charge in [-0.2, -0.15) is 0 Å². The van der Waals surface area contributed by atoms with E-state index in [2.05, 4.69) is 0 Å². The lowest BCUT2D eigenvalue weighted by Gasteiger charge is -2.29. The highest BCUT2D eigenvalue weighted by Crippen LogP contribution is 2.36. The van der Waals surface area contributed by atoms with Gasteiger partial charge in [-0.15, -0.1) is 0 Å². The van der Waals surface area contributed by atoms with Crippen LogP contribution in [-0.4, -0.2) is 29.4 Å². The maximum Gasteiger partial charge on any atom is 0.309 e. The summed E-state index contributed by atoms with van der Waals surface area (Å²) in [5.41, 5.74) is 0.707. The molecule has 2 unspecified atom stereocenters. The molecule has 0 amide bonds. The number of phenols is 1. The molecular formula is C12H14O4. The fraction of sp³-hybridized carbons (Fsp3) is 0.417. The number of aromatic hydroxyl groups is 1. The van der Waals surface area contributed by atoms with Crippen LogP contribution in [0.3, 0.4) is 0 Å². The third-order valence-electron chi connectivity index (χ3n) is 3.01. The monoisotopic (exact) mass is 222 g/mol. The molecule has 0 spiro atoms. The number of carbonyl (C=O) groups is 1. The first kappa shape index (κ1) is 11.0. The molecule has 0 bridgehead atoms. The minimum atomic E-state index is -0.868. The van der Waals surface area contributed by atoms with Crippen molar-refractivity contribution in [2.75, 3.05) is 13.2 Å². The summed E-state index contributed by atoms with van der Waals surface area (Å²) in [4.78, 5) is 11.1. The van der Waals surface area contributed by atoms with Crippen molar-refractivity contribution in [3.63, 3.8) is 0 Å². The largest absolute Gasteiger partial charge is 0.508 e. The Balaban J connectivity index is 2.30. The fourth-order valence-electron chi connectivity index (χ4n) is 2.15. The molecule has 1 fully saturated rings. The topological polar surface area (TPSA) is 66.8 Å². The Bertz CT molecular complexity index is 388. The third kappa shape index (κ3) is 2.02. The third-order valence-corrected chi connectivity index (χ3v) is 3.01. The van der Waals surface area contributed by atoms with E-state index < -0.39 is 11.9 Å². The minimum absolute atomic E-state index is 0.160. The lowest BCUT2D eigenvalue weighted by molar-refractivity contribution is -0.147. The minimum Gasteiger partial charge on any atom is -0.508 e. The Morgan fingerprint density at radius 3 is 2.81 bits per heavy atom. The molecule has 2 N–H and O–H groups in total. The van der Waals surface area contributed by atoms with E-state index in [4.69, 9.17) is 9.84 Å². The van der Waals surface area contributed by atoms with Crippen molar-refractivity contribution in [2.24, 2.45) is 5.92 Å². The first-order valence-electron chi connectivity index (χ1n) is 5.28. The lowest BCUT2D eigenvalue weighted by Crippen LogP contribution is -2.32. The average Bonchev–Trinajstić information content (AvgIpc) is 2.29. The standard InChI is InChI=1S/C12H14O4/c13-11-4-2-1-3-9(11)8-5-6-16-7-10(8)12(14)15/h1-4,8,10,13H,5-7H2,(H,14,15). The molecule has 0 aromatic heterocycles. The van der Waals surface area contributed by atoms with E-state index in [1.807, 2.05) is 6.07 Å². The Morgan fingerprint density at radius 2 is 2.12 bits per heavy atom. The van der Waals surface area contributed by atoms with Gasteiger partial charge >= 0.3 is 5.97 Å². The summed E-state index contributed by atoms with van der Waals surface area (Å²) in [7, 11) is 0. The quantitative estimate of drug-likeness (QED) is 0.797. The van der Waals surface area contributed by atoms with Gasteiger partial charge in [0.05, 0.1) is 12.5 Å². The van der Waals surface area contributed by atoms with Gasteiger partial charge in [0.25, 0.3) is 0 Å². The summed E-state index contributed by atoms with van der Waals surface area (Å²) in [6.07, 6.45) is 0.633. The van der Waals surface area contributed by atoms with Crippen LogP contribution in [0.2, 0.25) is 0 Å². The van der Waals surface area contributed by atoms with Gasteiger partial charge in [-0.1, -0.05) is 18.2 Å². The molecule has 0 saturated carbocycles. The van der Waals surface area contributed by atoms with Crippen LogP contribution in [0.4, 0.5) is 0 Å². The van der Waals surface area contributed by atoms with E-state index in [9.17, 15) is 9.90 Å². The van der Waals surface area contributed by atoms with Crippen LogP contribution in [0.15, 0.2) is 24.3 Å². The molecule has 1 aromatic carbocycles. The summed E-state index contributed by atoms with van der Waals surface area (Å²) >= 11 is 0. The number of phenolic OH excluding ortho intramolecular Hbond substituents is 1. The van der Waals surface area contributed by atoms with Crippen molar-refractivity contribution in [1.29, 1.82) is 0 Å². The van der Waals surface area contributed by atoms with E-state index in [0.717, 1.165) is 0 Å². The number of ether oxygens (including phenoxy) is 1. The van der Waals surface area contributed by atoms with Crippen molar-refractivity contribution >= 4 is 5.97 Å². The molecule has 2 atom stereocenters. The van der Waals surface area contributed by atoms with Gasteiger partial charge in [-0.05, 0) is 18.1 Å². The van der Waals surface area contributed by atoms with E-state index in [1.54, 1.807) is 18.2 Å². The summed E-state index contributed by atoms with van der Waals surface area (Å²) in [6, 6.07) is 6.91. The zero-order valence-electron chi connectivity index (χ0n) is 8.80. The van der Waals surface area contributed by atoms with Gasteiger partial charge in [0.1, 0.15) is 5.75 Å². The van der Waals surface area contributed by atoms with Gasteiger partial charge in [-0.25, -0.2) is 0 Å². The highest BCUT2D eigenvalue weighted by atomic mass is 16.5. The zero-order valence-corrected chi connectivity index (χ0v) is 8.80. The van der Waals surface area contributed by atoms with Gasteiger partial charge < -0.3 is 14.9 Å². The fourth-order valence-corrected chi connectivity index (χ4v) is 2.15. The molecule has 86 valence electrons. The predicted octanol–water partition coefficient (Wildman–Crippen LogP) is 1.60. The molecule has 1 saturated heterocycles. The first-order valence-corrected chi connectivity index (χ1v) is 5.28. The van der Waals surface area contributed by atoms with E-state index >= 15 is 0 Å². The Labute approximate surface area is 93.5 Å². The predicted molar refractivity (Wildman–Crippen MR) is 57.4 cm³/mol. The van der Waals surface area contributed by atoms with Crippen LogP contribution in [0, 0.1) is 5.92 Å². The summed E-state index contributed by atoms with van der Waals surface area (Å²) < 4.78 is 5.17. The summed E-state index contributed by atoms with van der Waals surface area (Å²) in [6.45, 7) is 0.761. The first-order chi connectivity index (χ1) is 7.70. The maximum atomic E-state index is 11.1. The Morgan fingerprint density at radius 1 is 1.38 bits per heavy atom. The molecule has 2 rings (SSSR count). The molecule has 1 aliphatic heterocycles. The van der Waals surface area contributed by atoms with Crippen molar-refractivity contribution < 1.29 is 19.7 Å². The summed E-state index contributed by atoms with van der Waals surface area (Å²) in [5, 5.41) is 18.8. The van der Waals surface area contributed by atoms with Gasteiger partial charge in [-0.3, -0.25) is 4.79 Å². The van der Waals surface area contributed by atoms with Crippen LogP contribution >= 0.6 is 0 Å². The van der Waals surface area contributed by atoms with Crippen molar-refractivity contribution in [2.45, 2.75) is 12.3 Å². The van der Waals surface area contributed by atoms with Crippen molar-refractivity contribution in [3.8, 4) is 5.75 Å². The Kier molecular flexibility index (Phi) is 3.10. The number of hydrogen-bond acceptors (Lipinski definition) is 3. The van der Waals surface area contributed by atoms with Gasteiger partial charge in [0.15, 0.2) is 0 Å². The normalized spacial score (nSPS) is 25.2. The number of benzene rings is 1. The average molecular weight is 222 g/mol. The lowest BCUT2D eigenvalue weighted by atomic mass is 9.82. The van der Waals surface area contributed by atoms with Crippen LogP contribution in [0.25, 0.3) is 0 Å². The zero-order chi connectivity index (χ0) is 11.5. The SMILES string of the molecule is O=C(O)C1COCCC1c1ccccc1O. The number of rotatable bonds is 2.